The first-order chi connectivity index (χ1) is 10.6. The quantitative estimate of drug-likeness (QED) is 0.348. The van der Waals surface area contributed by atoms with Crippen LogP contribution in [0.15, 0.2) is 0 Å². The van der Waals surface area contributed by atoms with Crippen LogP contribution in [0.25, 0.3) is 0 Å². The summed E-state index contributed by atoms with van der Waals surface area (Å²) in [5.41, 5.74) is 0. The van der Waals surface area contributed by atoms with Gasteiger partial charge >= 0.3 is 0 Å². The molecule has 3 nitrogen and oxygen atoms in total. The lowest BCUT2D eigenvalue weighted by molar-refractivity contribution is -0.124. The fraction of sp³-hybridized carbons (Fsp3) is 0.882. The summed E-state index contributed by atoms with van der Waals surface area (Å²) in [5.74, 6) is 1.36. The molecule has 0 saturated carbocycles. The van der Waals surface area contributed by atoms with E-state index in [1.807, 2.05) is 0 Å². The van der Waals surface area contributed by atoms with E-state index in [-0.39, 0.29) is 17.6 Å². The minimum atomic E-state index is -0.432. The van der Waals surface area contributed by atoms with Crippen molar-refractivity contribution in [2.24, 2.45) is 0 Å². The van der Waals surface area contributed by atoms with Crippen LogP contribution in [-0.4, -0.2) is 35.1 Å². The van der Waals surface area contributed by atoms with Gasteiger partial charge in [0.05, 0.1) is 11.9 Å². The number of Topliss-reactive ketones (excluding diaryl/α,β-unsaturated/α-hetero) is 1. The Kier molecular flexibility index (Phi) is 15.5. The van der Waals surface area contributed by atoms with Gasteiger partial charge in [-0.2, -0.15) is 11.8 Å². The van der Waals surface area contributed by atoms with Gasteiger partial charge in [-0.15, -0.1) is 11.6 Å². The molecule has 0 rings (SSSR count). The lowest BCUT2D eigenvalue weighted by Gasteiger charge is -2.15. The Morgan fingerprint density at radius 1 is 1.00 bits per heavy atom. The Morgan fingerprint density at radius 3 is 2.05 bits per heavy atom. The number of halogens is 1. The lowest BCUT2D eigenvalue weighted by Crippen LogP contribution is -2.42. The molecule has 0 aromatic rings. The number of hydrogen-bond donors (Lipinski definition) is 1. The Morgan fingerprint density at radius 2 is 1.55 bits per heavy atom. The fourth-order valence-corrected chi connectivity index (χ4v) is 3.54. The number of carbonyl (C=O) groups is 2. The molecule has 22 heavy (non-hydrogen) atoms. The molecule has 0 saturated heterocycles. The van der Waals surface area contributed by atoms with E-state index in [4.69, 9.17) is 11.6 Å². The third-order valence-electron chi connectivity index (χ3n) is 3.57. The molecule has 130 valence electrons. The first kappa shape index (κ1) is 21.8. The van der Waals surface area contributed by atoms with Crippen LogP contribution in [0.4, 0.5) is 0 Å². The van der Waals surface area contributed by atoms with Crippen molar-refractivity contribution in [1.82, 2.24) is 5.32 Å². The molecule has 5 heteroatoms. The average molecular weight is 350 g/mol. The Hall–Kier alpha value is -0.220. The van der Waals surface area contributed by atoms with E-state index in [1.54, 1.807) is 11.8 Å². The summed E-state index contributed by atoms with van der Waals surface area (Å²) in [6, 6.07) is -0.432. The van der Waals surface area contributed by atoms with Gasteiger partial charge in [-0.3, -0.25) is 9.59 Å². The molecular formula is C17H32ClNO2S. The van der Waals surface area contributed by atoms with E-state index in [1.165, 1.54) is 64.7 Å². The molecule has 1 amide bonds. The largest absolute Gasteiger partial charge is 0.346 e. The zero-order chi connectivity index (χ0) is 16.6. The maximum Gasteiger partial charge on any atom is 0.217 e. The summed E-state index contributed by atoms with van der Waals surface area (Å²) in [7, 11) is 0. The Bertz CT molecular complexity index is 300. The number of nitrogens with one attached hydrogen (secondary N) is 1. The molecule has 0 aliphatic rings. The SMILES string of the molecule is CCCCCCCCCCCSC[C@H](NC(C)=O)C(=O)CCl. The van der Waals surface area contributed by atoms with Crippen molar-refractivity contribution in [3.05, 3.63) is 0 Å². The third-order valence-corrected chi connectivity index (χ3v) is 4.98. The predicted molar refractivity (Wildman–Crippen MR) is 97.9 cm³/mol. The van der Waals surface area contributed by atoms with E-state index in [0.717, 1.165) is 5.75 Å². The second kappa shape index (κ2) is 15.7. The number of ketones is 1. The second-order valence-electron chi connectivity index (χ2n) is 5.76. The number of hydrogen-bond acceptors (Lipinski definition) is 3. The number of thioether (sulfide) groups is 1. The molecule has 1 N–H and O–H groups in total. The molecule has 0 heterocycles. The van der Waals surface area contributed by atoms with Crippen molar-refractivity contribution in [3.8, 4) is 0 Å². The number of unbranched alkanes of at least 4 members (excludes halogenated alkanes) is 8. The van der Waals surface area contributed by atoms with Crippen LogP contribution in [-0.2, 0) is 9.59 Å². The molecule has 1 atom stereocenters. The molecule has 0 fully saturated rings. The monoisotopic (exact) mass is 349 g/mol. The van der Waals surface area contributed by atoms with Crippen LogP contribution in [0.2, 0.25) is 0 Å². The third kappa shape index (κ3) is 13.4. The predicted octanol–water partition coefficient (Wildman–Crippen LogP) is 4.56. The maximum atomic E-state index is 11.6. The second-order valence-corrected chi connectivity index (χ2v) is 7.17. The molecule has 0 aliphatic heterocycles. The smallest absolute Gasteiger partial charge is 0.217 e. The fourth-order valence-electron chi connectivity index (χ4n) is 2.27. The zero-order valence-electron chi connectivity index (χ0n) is 14.2. The van der Waals surface area contributed by atoms with Gasteiger partial charge in [-0.05, 0) is 12.2 Å². The Balaban J connectivity index is 3.49. The standard InChI is InChI=1S/C17H32ClNO2S/c1-3-4-5-6-7-8-9-10-11-12-22-14-16(17(21)13-18)19-15(2)20/h16H,3-14H2,1-2H3,(H,19,20)/t16-/m0/s1. The molecule has 0 unspecified atom stereocenters. The van der Waals surface area contributed by atoms with E-state index in [9.17, 15) is 9.59 Å². The maximum absolute atomic E-state index is 11.6. The molecule has 0 aromatic heterocycles. The van der Waals surface area contributed by atoms with Crippen LogP contribution < -0.4 is 5.32 Å². The van der Waals surface area contributed by atoms with Gasteiger partial charge in [0.15, 0.2) is 5.78 Å². The van der Waals surface area contributed by atoms with Gasteiger partial charge in [0.1, 0.15) is 0 Å². The first-order valence-electron chi connectivity index (χ1n) is 8.55. The highest BCUT2D eigenvalue weighted by molar-refractivity contribution is 7.99. The summed E-state index contributed by atoms with van der Waals surface area (Å²) in [6.45, 7) is 3.68. The number of alkyl halides is 1. The topological polar surface area (TPSA) is 46.2 Å². The number of carbonyl (C=O) groups excluding carboxylic acids is 2. The molecule has 0 spiro atoms. The van der Waals surface area contributed by atoms with Gasteiger partial charge in [-0.1, -0.05) is 58.3 Å². The van der Waals surface area contributed by atoms with E-state index in [0.29, 0.717) is 5.75 Å². The van der Waals surface area contributed by atoms with Crippen molar-refractivity contribution in [1.29, 1.82) is 0 Å². The van der Waals surface area contributed by atoms with Crippen LogP contribution >= 0.6 is 23.4 Å². The molecular weight excluding hydrogens is 318 g/mol. The summed E-state index contributed by atoms with van der Waals surface area (Å²) in [4.78, 5) is 22.7. The molecule has 0 bridgehead atoms. The minimum Gasteiger partial charge on any atom is -0.346 e. The van der Waals surface area contributed by atoms with Crippen LogP contribution in [0, 0.1) is 0 Å². The molecule has 0 aliphatic carbocycles. The summed E-state index contributed by atoms with van der Waals surface area (Å²) >= 11 is 7.29. The van der Waals surface area contributed by atoms with Gasteiger partial charge in [-0.25, -0.2) is 0 Å². The van der Waals surface area contributed by atoms with Crippen molar-refractivity contribution in [2.75, 3.05) is 17.4 Å². The highest BCUT2D eigenvalue weighted by atomic mass is 35.5. The normalized spacial score (nSPS) is 12.1. The van der Waals surface area contributed by atoms with Crippen molar-refractivity contribution < 1.29 is 9.59 Å². The van der Waals surface area contributed by atoms with Gasteiger partial charge < -0.3 is 5.32 Å². The average Bonchev–Trinajstić information content (AvgIpc) is 2.50. The highest BCUT2D eigenvalue weighted by Gasteiger charge is 2.17. The minimum absolute atomic E-state index is 0.0382. The van der Waals surface area contributed by atoms with Gasteiger partial charge in [0.25, 0.3) is 0 Å². The summed E-state index contributed by atoms with van der Waals surface area (Å²) in [5, 5.41) is 2.67. The number of rotatable bonds is 15. The van der Waals surface area contributed by atoms with E-state index in [2.05, 4.69) is 12.2 Å². The lowest BCUT2D eigenvalue weighted by atomic mass is 10.1. The highest BCUT2D eigenvalue weighted by Crippen LogP contribution is 2.13. The van der Waals surface area contributed by atoms with E-state index >= 15 is 0 Å². The van der Waals surface area contributed by atoms with Crippen LogP contribution in [0.5, 0.6) is 0 Å². The molecule has 0 aromatic carbocycles. The summed E-state index contributed by atoms with van der Waals surface area (Å²) in [6.07, 6.45) is 11.9. The van der Waals surface area contributed by atoms with Crippen LogP contribution in [0.1, 0.15) is 71.6 Å². The number of amides is 1. The first-order valence-corrected chi connectivity index (χ1v) is 10.2. The van der Waals surface area contributed by atoms with Crippen molar-refractivity contribution >= 4 is 35.1 Å². The Labute approximate surface area is 145 Å². The van der Waals surface area contributed by atoms with Crippen molar-refractivity contribution in [3.63, 3.8) is 0 Å². The van der Waals surface area contributed by atoms with Crippen LogP contribution in [0.3, 0.4) is 0 Å². The van der Waals surface area contributed by atoms with E-state index < -0.39 is 6.04 Å². The van der Waals surface area contributed by atoms with Gasteiger partial charge in [0.2, 0.25) is 5.91 Å². The zero-order valence-corrected chi connectivity index (χ0v) is 15.7. The van der Waals surface area contributed by atoms with Crippen molar-refractivity contribution in [2.45, 2.75) is 77.7 Å². The van der Waals surface area contributed by atoms with Gasteiger partial charge in [0, 0.05) is 12.7 Å². The molecule has 0 radical (unpaired) electrons. The summed E-state index contributed by atoms with van der Waals surface area (Å²) < 4.78 is 0.